The molecule has 1 aromatic rings. The van der Waals surface area contributed by atoms with E-state index in [2.05, 4.69) is 17.0 Å². The number of hydrogen-bond acceptors (Lipinski definition) is 5. The molecule has 2 N–H and O–H groups in total. The van der Waals surface area contributed by atoms with Crippen LogP contribution in [0.2, 0.25) is 0 Å². The Kier molecular flexibility index (Phi) is 6.80. The fourth-order valence-corrected chi connectivity index (χ4v) is 3.72. The van der Waals surface area contributed by atoms with E-state index >= 15 is 0 Å². The average Bonchev–Trinajstić information content (AvgIpc) is 2.79. The quantitative estimate of drug-likeness (QED) is 0.671. The minimum absolute atomic E-state index is 0.292. The van der Waals surface area contributed by atoms with E-state index in [1.807, 2.05) is 6.07 Å². The largest absolute Gasteiger partial charge is 0.383 e. The third-order valence-electron chi connectivity index (χ3n) is 2.23. The van der Waals surface area contributed by atoms with Gasteiger partial charge in [-0.05, 0) is 25.1 Å². The number of thiophene rings is 1. The smallest absolute Gasteiger partial charge is 0.250 e. The first-order valence-corrected chi connectivity index (χ1v) is 8.18. The van der Waals surface area contributed by atoms with E-state index < -0.39 is 10.0 Å². The average molecular weight is 292 g/mol. The molecule has 1 rings (SSSR count). The Morgan fingerprint density at radius 2 is 2.11 bits per heavy atom. The predicted octanol–water partition coefficient (Wildman–Crippen LogP) is 1.17. The molecule has 0 amide bonds. The van der Waals surface area contributed by atoms with Crippen LogP contribution in [-0.2, 0) is 21.3 Å². The summed E-state index contributed by atoms with van der Waals surface area (Å²) in [5.41, 5.74) is 0. The molecule has 0 unspecified atom stereocenters. The topological polar surface area (TPSA) is 67.4 Å². The monoisotopic (exact) mass is 292 g/mol. The van der Waals surface area contributed by atoms with Gasteiger partial charge in [0.05, 0.1) is 6.61 Å². The van der Waals surface area contributed by atoms with Gasteiger partial charge in [-0.3, -0.25) is 0 Å². The van der Waals surface area contributed by atoms with Crippen LogP contribution in [0.25, 0.3) is 0 Å². The molecule has 0 aliphatic carbocycles. The fraction of sp³-hybridized carbons (Fsp3) is 0.636. The second-order valence-electron chi connectivity index (χ2n) is 3.79. The first kappa shape index (κ1) is 15.6. The molecule has 0 aliphatic rings. The molecule has 0 aromatic carbocycles. The molecule has 18 heavy (non-hydrogen) atoms. The van der Waals surface area contributed by atoms with Crippen molar-refractivity contribution in [1.82, 2.24) is 10.0 Å². The number of methoxy groups -OCH3 is 1. The molecule has 5 nitrogen and oxygen atoms in total. The van der Waals surface area contributed by atoms with Gasteiger partial charge in [-0.1, -0.05) is 6.92 Å². The van der Waals surface area contributed by atoms with E-state index in [4.69, 9.17) is 4.74 Å². The summed E-state index contributed by atoms with van der Waals surface area (Å²) >= 11 is 1.29. The summed E-state index contributed by atoms with van der Waals surface area (Å²) in [6, 6.07) is 3.49. The molecule has 0 spiro atoms. The highest BCUT2D eigenvalue weighted by atomic mass is 32.2. The number of rotatable bonds is 9. The van der Waals surface area contributed by atoms with Crippen LogP contribution in [-0.4, -0.2) is 35.2 Å². The second-order valence-corrected chi connectivity index (χ2v) is 6.95. The van der Waals surface area contributed by atoms with E-state index in [9.17, 15) is 8.42 Å². The lowest BCUT2D eigenvalue weighted by molar-refractivity contribution is 0.204. The number of hydrogen-bond donors (Lipinski definition) is 2. The van der Waals surface area contributed by atoms with Crippen molar-refractivity contribution in [3.8, 4) is 0 Å². The Bertz CT molecular complexity index is 443. The highest BCUT2D eigenvalue weighted by Crippen LogP contribution is 2.21. The normalized spacial score (nSPS) is 11.9. The summed E-state index contributed by atoms with van der Waals surface area (Å²) in [5.74, 6) is 0. The van der Waals surface area contributed by atoms with E-state index in [-0.39, 0.29) is 0 Å². The van der Waals surface area contributed by atoms with Gasteiger partial charge < -0.3 is 10.1 Å². The van der Waals surface area contributed by atoms with Gasteiger partial charge in [-0.25, -0.2) is 13.1 Å². The maximum absolute atomic E-state index is 11.9. The maximum atomic E-state index is 11.9. The highest BCUT2D eigenvalue weighted by molar-refractivity contribution is 7.91. The van der Waals surface area contributed by atoms with Crippen molar-refractivity contribution in [3.05, 3.63) is 17.0 Å². The van der Waals surface area contributed by atoms with Gasteiger partial charge in [-0.15, -0.1) is 11.3 Å². The molecule has 0 fully saturated rings. The molecule has 7 heteroatoms. The maximum Gasteiger partial charge on any atom is 0.250 e. The summed E-state index contributed by atoms with van der Waals surface area (Å²) in [6.45, 7) is 4.41. The highest BCUT2D eigenvalue weighted by Gasteiger charge is 2.15. The van der Waals surface area contributed by atoms with Crippen LogP contribution < -0.4 is 10.0 Å². The van der Waals surface area contributed by atoms with Crippen molar-refractivity contribution in [2.45, 2.75) is 24.1 Å². The Hall–Kier alpha value is -0.470. The van der Waals surface area contributed by atoms with Crippen molar-refractivity contribution in [1.29, 1.82) is 0 Å². The summed E-state index contributed by atoms with van der Waals surface area (Å²) in [6.07, 6.45) is 1.06. The molecule has 0 saturated carbocycles. The lowest BCUT2D eigenvalue weighted by atomic mass is 10.4. The molecular formula is C11H20N2O3S2. The van der Waals surface area contributed by atoms with Gasteiger partial charge in [-0.2, -0.15) is 0 Å². The van der Waals surface area contributed by atoms with Gasteiger partial charge in [0.2, 0.25) is 10.0 Å². The molecule has 1 aromatic heterocycles. The number of sulfonamides is 1. The van der Waals surface area contributed by atoms with Crippen LogP contribution in [0, 0.1) is 0 Å². The van der Waals surface area contributed by atoms with Crippen LogP contribution in [0.4, 0.5) is 0 Å². The minimum Gasteiger partial charge on any atom is -0.383 e. The Morgan fingerprint density at radius 3 is 2.78 bits per heavy atom. The second kappa shape index (κ2) is 7.85. The molecule has 0 atom stereocenters. The van der Waals surface area contributed by atoms with Gasteiger partial charge >= 0.3 is 0 Å². The van der Waals surface area contributed by atoms with Crippen molar-refractivity contribution in [3.63, 3.8) is 0 Å². The van der Waals surface area contributed by atoms with E-state index in [0.29, 0.717) is 23.9 Å². The third kappa shape index (κ3) is 5.03. The Balaban J connectivity index is 2.55. The number of ether oxygens (including phenoxy) is 1. The van der Waals surface area contributed by atoms with Crippen LogP contribution in [0.5, 0.6) is 0 Å². The summed E-state index contributed by atoms with van der Waals surface area (Å²) in [7, 11) is -1.84. The molecule has 0 bridgehead atoms. The van der Waals surface area contributed by atoms with Crippen molar-refractivity contribution in [2.24, 2.45) is 0 Å². The van der Waals surface area contributed by atoms with Crippen LogP contribution >= 0.6 is 11.3 Å². The lowest BCUT2D eigenvalue weighted by Crippen LogP contribution is -2.26. The van der Waals surface area contributed by atoms with E-state index in [1.165, 1.54) is 18.4 Å². The van der Waals surface area contributed by atoms with Gasteiger partial charge in [0.25, 0.3) is 0 Å². The summed E-state index contributed by atoms with van der Waals surface area (Å²) in [5, 5.41) is 3.24. The van der Waals surface area contributed by atoms with Gasteiger partial charge in [0.15, 0.2) is 0 Å². The van der Waals surface area contributed by atoms with E-state index in [0.717, 1.165) is 17.8 Å². The lowest BCUT2D eigenvalue weighted by Gasteiger charge is -2.03. The third-order valence-corrected chi connectivity index (χ3v) is 5.26. The zero-order valence-corrected chi connectivity index (χ0v) is 12.4. The first-order valence-electron chi connectivity index (χ1n) is 5.88. The molecule has 0 aliphatic heterocycles. The summed E-state index contributed by atoms with van der Waals surface area (Å²) in [4.78, 5) is 1.02. The standard InChI is InChI=1S/C11H20N2O3S2/c1-3-6-12-9-10-4-5-11(17-10)18(14,15)13-7-8-16-2/h4-5,12-13H,3,6-9H2,1-2H3. The van der Waals surface area contributed by atoms with Crippen molar-refractivity contribution < 1.29 is 13.2 Å². The number of nitrogens with one attached hydrogen (secondary N) is 2. The van der Waals surface area contributed by atoms with E-state index in [1.54, 1.807) is 6.07 Å². The zero-order chi connectivity index (χ0) is 13.4. The summed E-state index contributed by atoms with van der Waals surface area (Å²) < 4.78 is 31.4. The Morgan fingerprint density at radius 1 is 1.33 bits per heavy atom. The minimum atomic E-state index is -3.38. The van der Waals surface area contributed by atoms with Crippen molar-refractivity contribution in [2.75, 3.05) is 26.8 Å². The molecule has 1 heterocycles. The molecule has 0 radical (unpaired) electrons. The van der Waals surface area contributed by atoms with Crippen LogP contribution in [0.3, 0.4) is 0 Å². The zero-order valence-electron chi connectivity index (χ0n) is 10.7. The van der Waals surface area contributed by atoms with Gasteiger partial charge in [0, 0.05) is 25.1 Å². The van der Waals surface area contributed by atoms with Gasteiger partial charge in [0.1, 0.15) is 4.21 Å². The SMILES string of the molecule is CCCNCc1ccc(S(=O)(=O)NCCOC)s1. The first-order chi connectivity index (χ1) is 8.60. The molecular weight excluding hydrogens is 272 g/mol. The van der Waals surface area contributed by atoms with Crippen LogP contribution in [0.1, 0.15) is 18.2 Å². The fourth-order valence-electron chi connectivity index (χ4n) is 1.34. The predicted molar refractivity (Wildman–Crippen MR) is 73.4 cm³/mol. The molecule has 0 saturated heterocycles. The molecule has 104 valence electrons. The van der Waals surface area contributed by atoms with Crippen LogP contribution in [0.15, 0.2) is 16.3 Å². The Labute approximate surface area is 113 Å². The van der Waals surface area contributed by atoms with Crippen molar-refractivity contribution >= 4 is 21.4 Å².